The van der Waals surface area contributed by atoms with E-state index < -0.39 is 4.92 Å². The van der Waals surface area contributed by atoms with Crippen molar-refractivity contribution in [3.8, 4) is 6.19 Å². The van der Waals surface area contributed by atoms with Gasteiger partial charge in [0.25, 0.3) is 5.69 Å². The van der Waals surface area contributed by atoms with E-state index in [1.54, 1.807) is 12.4 Å². The number of hydrogen-bond acceptors (Lipinski definition) is 6. The Hall–Kier alpha value is -1.72. The zero-order chi connectivity index (χ0) is 12.8. The number of amidine groups is 1. The zero-order valence-electron chi connectivity index (χ0n) is 8.75. The number of nitrogens with one attached hydrogen (secondary N) is 1. The van der Waals surface area contributed by atoms with Crippen LogP contribution in [0, 0.1) is 21.6 Å². The Bertz CT molecular complexity index is 510. The van der Waals surface area contributed by atoms with E-state index >= 15 is 0 Å². The maximum absolute atomic E-state index is 10.5. The van der Waals surface area contributed by atoms with Gasteiger partial charge in [-0.15, -0.1) is 12.6 Å². The van der Waals surface area contributed by atoms with Gasteiger partial charge in [0, 0.05) is 17.0 Å². The minimum absolute atomic E-state index is 0.0482. The topological polar surface area (TPSA) is 91.3 Å². The third-order valence-corrected chi connectivity index (χ3v) is 2.69. The average molecular weight is 268 g/mol. The maximum atomic E-state index is 10.5. The molecule has 17 heavy (non-hydrogen) atoms. The number of thiol groups is 1. The Morgan fingerprint density at radius 3 is 2.88 bits per heavy atom. The number of nitro groups is 1. The number of thioether (sulfide) groups is 1. The molecule has 0 aromatic heterocycles. The summed E-state index contributed by atoms with van der Waals surface area (Å²) < 4.78 is 0. The standard InChI is InChI=1S/C9H8N4O2S2/c1-17-9(11-5-10)12-7-3-2-6(13(14)15)4-8(7)16/h2-4,16H,1H3,(H,11,12). The molecule has 1 rings (SSSR count). The third-order valence-electron chi connectivity index (χ3n) is 1.75. The molecule has 1 aromatic rings. The van der Waals surface area contributed by atoms with Gasteiger partial charge in [0.1, 0.15) is 0 Å². The van der Waals surface area contributed by atoms with Crippen LogP contribution in [0.3, 0.4) is 0 Å². The first kappa shape index (κ1) is 13.3. The van der Waals surface area contributed by atoms with Gasteiger partial charge in [0.15, 0.2) is 11.4 Å². The summed E-state index contributed by atoms with van der Waals surface area (Å²) in [7, 11) is 0. The van der Waals surface area contributed by atoms with Gasteiger partial charge in [-0.25, -0.2) is 4.99 Å². The van der Waals surface area contributed by atoms with Crippen LogP contribution < -0.4 is 5.32 Å². The molecule has 1 aromatic carbocycles. The smallest absolute Gasteiger partial charge is 0.270 e. The van der Waals surface area contributed by atoms with Gasteiger partial charge in [-0.1, -0.05) is 11.8 Å². The molecule has 0 amide bonds. The van der Waals surface area contributed by atoms with Crippen LogP contribution in [-0.4, -0.2) is 16.3 Å². The molecule has 0 aliphatic rings. The van der Waals surface area contributed by atoms with Crippen LogP contribution in [0.15, 0.2) is 28.1 Å². The Balaban J connectivity index is 3.08. The van der Waals surface area contributed by atoms with Crippen LogP contribution in [0.4, 0.5) is 11.4 Å². The van der Waals surface area contributed by atoms with E-state index in [-0.39, 0.29) is 5.69 Å². The summed E-state index contributed by atoms with van der Waals surface area (Å²) in [5.74, 6) is 0. The highest BCUT2D eigenvalue weighted by Crippen LogP contribution is 2.28. The van der Waals surface area contributed by atoms with Gasteiger partial charge in [-0.3, -0.25) is 15.4 Å². The number of nitrogens with zero attached hydrogens (tertiary/aromatic N) is 3. The molecule has 0 radical (unpaired) electrons. The van der Waals surface area contributed by atoms with Crippen molar-refractivity contribution in [1.82, 2.24) is 5.32 Å². The molecule has 0 fully saturated rings. The second kappa shape index (κ2) is 6.12. The summed E-state index contributed by atoms with van der Waals surface area (Å²) in [5.41, 5.74) is 0.416. The van der Waals surface area contributed by atoms with Crippen molar-refractivity contribution >= 4 is 40.9 Å². The van der Waals surface area contributed by atoms with E-state index in [1.807, 2.05) is 0 Å². The van der Waals surface area contributed by atoms with E-state index in [0.29, 0.717) is 15.8 Å². The highest BCUT2D eigenvalue weighted by atomic mass is 32.2. The minimum Gasteiger partial charge on any atom is -0.271 e. The third kappa shape index (κ3) is 3.65. The second-order valence-corrected chi connectivity index (χ2v) is 4.06. The summed E-state index contributed by atoms with van der Waals surface area (Å²) in [6, 6.07) is 4.13. The van der Waals surface area contributed by atoms with Gasteiger partial charge in [-0.05, 0) is 12.3 Å². The molecule has 0 saturated carbocycles. The molecule has 0 bridgehead atoms. The van der Waals surface area contributed by atoms with Crippen LogP contribution in [0.2, 0.25) is 0 Å². The fraction of sp³-hybridized carbons (Fsp3) is 0.111. The number of hydrogen-bond donors (Lipinski definition) is 2. The lowest BCUT2D eigenvalue weighted by molar-refractivity contribution is -0.385. The quantitative estimate of drug-likeness (QED) is 0.163. The molecule has 88 valence electrons. The zero-order valence-corrected chi connectivity index (χ0v) is 10.5. The fourth-order valence-corrected chi connectivity index (χ4v) is 1.60. The SMILES string of the molecule is CSC(=Nc1ccc([N+](=O)[O-])cc1S)NC#N. The number of nitro benzene ring substituents is 1. The second-order valence-electron chi connectivity index (χ2n) is 2.79. The lowest BCUT2D eigenvalue weighted by atomic mass is 10.3. The Labute approximate surface area is 107 Å². The van der Waals surface area contributed by atoms with Gasteiger partial charge in [0.05, 0.1) is 10.6 Å². The first-order chi connectivity index (χ1) is 8.08. The van der Waals surface area contributed by atoms with Crippen molar-refractivity contribution in [3.05, 3.63) is 28.3 Å². The summed E-state index contributed by atoms with van der Waals surface area (Å²) in [4.78, 5) is 14.5. The molecular formula is C9H8N4O2S2. The van der Waals surface area contributed by atoms with Crippen LogP contribution in [0.5, 0.6) is 0 Å². The predicted octanol–water partition coefficient (Wildman–Crippen LogP) is 2.30. The number of rotatable bonds is 2. The first-order valence-electron chi connectivity index (χ1n) is 4.33. The lowest BCUT2D eigenvalue weighted by Crippen LogP contribution is -2.12. The monoisotopic (exact) mass is 268 g/mol. The van der Waals surface area contributed by atoms with Gasteiger partial charge in [0.2, 0.25) is 0 Å². The predicted molar refractivity (Wildman–Crippen MR) is 69.7 cm³/mol. The van der Waals surface area contributed by atoms with Crippen LogP contribution in [0.25, 0.3) is 0 Å². The Morgan fingerprint density at radius 1 is 1.71 bits per heavy atom. The van der Waals surface area contributed by atoms with Gasteiger partial charge < -0.3 is 0 Å². The molecular weight excluding hydrogens is 260 g/mol. The van der Waals surface area contributed by atoms with Crippen molar-refractivity contribution in [2.75, 3.05) is 6.26 Å². The minimum atomic E-state index is -0.504. The first-order valence-corrected chi connectivity index (χ1v) is 6.01. The fourth-order valence-electron chi connectivity index (χ4n) is 1.00. The molecule has 0 spiro atoms. The Morgan fingerprint density at radius 2 is 2.41 bits per heavy atom. The molecule has 6 nitrogen and oxygen atoms in total. The molecule has 0 atom stereocenters. The molecule has 0 heterocycles. The highest BCUT2D eigenvalue weighted by Gasteiger charge is 2.08. The molecule has 0 aliphatic heterocycles. The molecule has 0 unspecified atom stereocenters. The largest absolute Gasteiger partial charge is 0.271 e. The summed E-state index contributed by atoms with van der Waals surface area (Å²) >= 11 is 5.37. The van der Waals surface area contributed by atoms with Gasteiger partial charge in [-0.2, -0.15) is 5.26 Å². The molecule has 0 aliphatic carbocycles. The van der Waals surface area contributed by atoms with E-state index in [1.165, 1.54) is 30.0 Å². The average Bonchev–Trinajstić information content (AvgIpc) is 2.30. The molecule has 0 saturated heterocycles. The van der Waals surface area contributed by atoms with E-state index in [0.717, 1.165) is 0 Å². The number of aliphatic imine (C=N–C) groups is 1. The summed E-state index contributed by atoms with van der Waals surface area (Å²) in [6.45, 7) is 0. The molecule has 1 N–H and O–H groups in total. The van der Waals surface area contributed by atoms with E-state index in [4.69, 9.17) is 5.26 Å². The van der Waals surface area contributed by atoms with Crippen molar-refractivity contribution in [2.24, 2.45) is 4.99 Å². The van der Waals surface area contributed by atoms with Gasteiger partial charge >= 0.3 is 0 Å². The maximum Gasteiger partial charge on any atom is 0.270 e. The van der Waals surface area contributed by atoms with Crippen molar-refractivity contribution in [2.45, 2.75) is 4.90 Å². The van der Waals surface area contributed by atoms with Crippen LogP contribution >= 0.6 is 24.4 Å². The van der Waals surface area contributed by atoms with E-state index in [2.05, 4.69) is 22.9 Å². The number of benzene rings is 1. The van der Waals surface area contributed by atoms with Crippen molar-refractivity contribution in [1.29, 1.82) is 5.26 Å². The molecule has 8 heteroatoms. The van der Waals surface area contributed by atoms with Crippen molar-refractivity contribution < 1.29 is 4.92 Å². The number of nitriles is 1. The highest BCUT2D eigenvalue weighted by molar-refractivity contribution is 8.13. The van der Waals surface area contributed by atoms with E-state index in [9.17, 15) is 10.1 Å². The Kier molecular flexibility index (Phi) is 4.81. The number of non-ortho nitro benzene ring substituents is 1. The lowest BCUT2D eigenvalue weighted by Gasteiger charge is -2.02. The summed E-state index contributed by atoms with van der Waals surface area (Å²) in [6.07, 6.45) is 3.51. The van der Waals surface area contributed by atoms with Crippen LogP contribution in [0.1, 0.15) is 0 Å². The normalized spacial score (nSPS) is 10.8. The van der Waals surface area contributed by atoms with Crippen LogP contribution in [-0.2, 0) is 0 Å². The van der Waals surface area contributed by atoms with Crippen molar-refractivity contribution in [3.63, 3.8) is 0 Å². The summed E-state index contributed by atoms with van der Waals surface area (Å²) in [5, 5.41) is 21.8.